The minimum atomic E-state index is 0.349. The van der Waals surface area contributed by atoms with Crippen LogP contribution in [-0.2, 0) is 0 Å². The van der Waals surface area contributed by atoms with E-state index < -0.39 is 0 Å². The molecule has 21 heavy (non-hydrogen) atoms. The van der Waals surface area contributed by atoms with Gasteiger partial charge in [-0.1, -0.05) is 13.0 Å². The Hall–Kier alpha value is -1.13. The van der Waals surface area contributed by atoms with Gasteiger partial charge in [0.1, 0.15) is 5.82 Å². The summed E-state index contributed by atoms with van der Waals surface area (Å²) < 4.78 is 0. The van der Waals surface area contributed by atoms with Crippen molar-refractivity contribution in [3.05, 3.63) is 23.9 Å². The molecule has 1 aromatic heterocycles. The lowest BCUT2D eigenvalue weighted by atomic mass is 10.0. The number of hydrogen-bond acceptors (Lipinski definition) is 4. The van der Waals surface area contributed by atoms with Crippen molar-refractivity contribution in [3.8, 4) is 0 Å². The van der Waals surface area contributed by atoms with E-state index in [1.165, 1.54) is 31.5 Å². The molecular formula is C17H30N4. The average Bonchev–Trinajstić information content (AvgIpc) is 2.52. The lowest BCUT2D eigenvalue weighted by Crippen LogP contribution is -2.42. The fourth-order valence-corrected chi connectivity index (χ4v) is 3.07. The molecule has 0 spiro atoms. The van der Waals surface area contributed by atoms with Gasteiger partial charge in [-0.25, -0.2) is 4.98 Å². The van der Waals surface area contributed by atoms with Gasteiger partial charge >= 0.3 is 0 Å². The van der Waals surface area contributed by atoms with Crippen molar-refractivity contribution in [2.45, 2.75) is 45.2 Å². The van der Waals surface area contributed by atoms with Crippen LogP contribution in [0.25, 0.3) is 0 Å². The maximum atomic E-state index is 4.67. The summed E-state index contributed by atoms with van der Waals surface area (Å²) >= 11 is 0. The van der Waals surface area contributed by atoms with E-state index in [1.54, 1.807) is 0 Å². The zero-order valence-electron chi connectivity index (χ0n) is 14.0. The molecule has 0 amide bonds. The largest absolute Gasteiger partial charge is 0.356 e. The van der Waals surface area contributed by atoms with E-state index in [1.807, 2.05) is 12.3 Å². The maximum Gasteiger partial charge on any atom is 0.133 e. The van der Waals surface area contributed by atoms with Crippen molar-refractivity contribution in [2.24, 2.45) is 0 Å². The number of hydrogen-bond donors (Lipinski definition) is 1. The number of piperidine rings is 1. The fourth-order valence-electron chi connectivity index (χ4n) is 3.07. The Morgan fingerprint density at radius 3 is 2.81 bits per heavy atom. The number of nitrogens with zero attached hydrogens (tertiary/aromatic N) is 3. The van der Waals surface area contributed by atoms with Crippen LogP contribution in [0.4, 0.5) is 5.82 Å². The van der Waals surface area contributed by atoms with Crippen molar-refractivity contribution < 1.29 is 0 Å². The van der Waals surface area contributed by atoms with Crippen LogP contribution in [0.1, 0.15) is 44.7 Å². The van der Waals surface area contributed by atoms with Crippen LogP contribution in [0, 0.1) is 0 Å². The van der Waals surface area contributed by atoms with E-state index >= 15 is 0 Å². The Kier molecular flexibility index (Phi) is 6.00. The fraction of sp³-hybridized carbons (Fsp3) is 0.706. The molecule has 0 aliphatic carbocycles. The van der Waals surface area contributed by atoms with Crippen molar-refractivity contribution in [1.82, 2.24) is 15.2 Å². The summed E-state index contributed by atoms with van der Waals surface area (Å²) in [5, 5.41) is 3.58. The summed E-state index contributed by atoms with van der Waals surface area (Å²) in [6, 6.07) is 5.21. The normalized spacial score (nSPS) is 18.7. The number of rotatable bonds is 6. The van der Waals surface area contributed by atoms with Gasteiger partial charge in [0.05, 0.1) is 0 Å². The molecule has 4 heteroatoms. The zero-order valence-corrected chi connectivity index (χ0v) is 14.0. The molecule has 1 N–H and O–H groups in total. The molecule has 2 heterocycles. The van der Waals surface area contributed by atoms with Crippen molar-refractivity contribution in [3.63, 3.8) is 0 Å². The van der Waals surface area contributed by atoms with Crippen LogP contribution >= 0.6 is 0 Å². The van der Waals surface area contributed by atoms with Gasteiger partial charge in [0.15, 0.2) is 0 Å². The van der Waals surface area contributed by atoms with Gasteiger partial charge in [-0.15, -0.1) is 0 Å². The van der Waals surface area contributed by atoms with E-state index in [0.717, 1.165) is 18.8 Å². The summed E-state index contributed by atoms with van der Waals surface area (Å²) in [4.78, 5) is 9.48. The average molecular weight is 290 g/mol. The van der Waals surface area contributed by atoms with Gasteiger partial charge in [0.2, 0.25) is 0 Å². The lowest BCUT2D eigenvalue weighted by Gasteiger charge is -2.37. The third-order valence-corrected chi connectivity index (χ3v) is 4.55. The predicted octanol–water partition coefficient (Wildman–Crippen LogP) is 2.67. The second-order valence-electron chi connectivity index (χ2n) is 6.24. The minimum Gasteiger partial charge on any atom is -0.356 e. The molecule has 1 aliphatic rings. The molecule has 4 nitrogen and oxygen atoms in total. The molecule has 2 rings (SSSR count). The highest BCUT2D eigenvalue weighted by Crippen LogP contribution is 2.27. The standard InChI is InChI=1S/C17H30N4/c1-5-10-18-14(2)16-7-6-11-19-17(16)21(4)15-8-12-20(3)13-9-15/h6-7,11,14-15,18H,5,8-10,12-13H2,1-4H3. The Morgan fingerprint density at radius 2 is 2.14 bits per heavy atom. The first-order valence-electron chi connectivity index (χ1n) is 8.23. The third-order valence-electron chi connectivity index (χ3n) is 4.55. The van der Waals surface area contributed by atoms with Crippen LogP contribution < -0.4 is 10.2 Å². The van der Waals surface area contributed by atoms with E-state index in [0.29, 0.717) is 12.1 Å². The summed E-state index contributed by atoms with van der Waals surface area (Å²) in [7, 11) is 4.41. The highest BCUT2D eigenvalue weighted by molar-refractivity contribution is 5.48. The van der Waals surface area contributed by atoms with Gasteiger partial charge in [-0.05, 0) is 58.9 Å². The van der Waals surface area contributed by atoms with Crippen LogP contribution in [0.15, 0.2) is 18.3 Å². The molecule has 1 aliphatic heterocycles. The second-order valence-corrected chi connectivity index (χ2v) is 6.24. The topological polar surface area (TPSA) is 31.4 Å². The number of anilines is 1. The molecule has 0 radical (unpaired) electrons. The molecule has 1 aromatic rings. The monoisotopic (exact) mass is 290 g/mol. The first-order chi connectivity index (χ1) is 10.1. The van der Waals surface area contributed by atoms with E-state index in [9.17, 15) is 0 Å². The summed E-state index contributed by atoms with van der Waals surface area (Å²) in [5.74, 6) is 1.14. The number of pyridine rings is 1. The molecule has 118 valence electrons. The van der Waals surface area contributed by atoms with Gasteiger partial charge in [0, 0.05) is 30.9 Å². The Morgan fingerprint density at radius 1 is 1.43 bits per heavy atom. The minimum absolute atomic E-state index is 0.349. The first-order valence-corrected chi connectivity index (χ1v) is 8.23. The van der Waals surface area contributed by atoms with Crippen LogP contribution in [0.2, 0.25) is 0 Å². The van der Waals surface area contributed by atoms with Crippen molar-refractivity contribution in [2.75, 3.05) is 38.6 Å². The molecule has 1 atom stereocenters. The molecule has 1 saturated heterocycles. The predicted molar refractivity (Wildman–Crippen MR) is 89.9 cm³/mol. The number of likely N-dealkylation sites (tertiary alicyclic amines) is 1. The van der Waals surface area contributed by atoms with Gasteiger partial charge in [0.25, 0.3) is 0 Å². The Balaban J connectivity index is 2.11. The maximum absolute atomic E-state index is 4.67. The smallest absolute Gasteiger partial charge is 0.133 e. The second kappa shape index (κ2) is 7.76. The number of nitrogens with one attached hydrogen (secondary N) is 1. The van der Waals surface area contributed by atoms with Crippen LogP contribution in [0.3, 0.4) is 0 Å². The summed E-state index contributed by atoms with van der Waals surface area (Å²) in [6.45, 7) is 7.85. The van der Waals surface area contributed by atoms with E-state index in [2.05, 4.69) is 54.1 Å². The van der Waals surface area contributed by atoms with E-state index in [4.69, 9.17) is 0 Å². The van der Waals surface area contributed by atoms with Crippen molar-refractivity contribution in [1.29, 1.82) is 0 Å². The molecule has 0 bridgehead atoms. The molecule has 1 unspecified atom stereocenters. The molecule has 1 fully saturated rings. The van der Waals surface area contributed by atoms with Crippen molar-refractivity contribution >= 4 is 5.82 Å². The van der Waals surface area contributed by atoms with Gasteiger partial charge < -0.3 is 15.1 Å². The van der Waals surface area contributed by atoms with Crippen LogP contribution in [-0.4, -0.2) is 49.7 Å². The molecule has 0 aromatic carbocycles. The van der Waals surface area contributed by atoms with Gasteiger partial charge in [-0.2, -0.15) is 0 Å². The highest BCUT2D eigenvalue weighted by atomic mass is 15.2. The SMILES string of the molecule is CCCNC(C)c1cccnc1N(C)C1CCN(C)CC1. The first kappa shape index (κ1) is 16.2. The summed E-state index contributed by atoms with van der Waals surface area (Å²) in [5.41, 5.74) is 1.31. The summed E-state index contributed by atoms with van der Waals surface area (Å²) in [6.07, 6.45) is 5.52. The molecular weight excluding hydrogens is 260 g/mol. The highest BCUT2D eigenvalue weighted by Gasteiger charge is 2.24. The van der Waals surface area contributed by atoms with E-state index in [-0.39, 0.29) is 0 Å². The third kappa shape index (κ3) is 4.17. The lowest BCUT2D eigenvalue weighted by molar-refractivity contribution is 0.252. The Labute approximate surface area is 129 Å². The zero-order chi connectivity index (χ0) is 15.2. The quantitative estimate of drug-likeness (QED) is 0.873. The van der Waals surface area contributed by atoms with Crippen LogP contribution in [0.5, 0.6) is 0 Å². The Bertz CT molecular complexity index is 427. The number of aromatic nitrogens is 1. The van der Waals surface area contributed by atoms with Gasteiger partial charge in [-0.3, -0.25) is 0 Å². The molecule has 0 saturated carbocycles.